The molecule has 66 valence electrons. The number of ketones is 2. The fraction of sp³-hybridized carbons (Fsp3) is 0.625. The smallest absolute Gasteiger partial charge is 0.303 e. The Hall–Kier alpha value is -1.19. The van der Waals surface area contributed by atoms with Crippen LogP contribution in [0.2, 0.25) is 0 Å². The van der Waals surface area contributed by atoms with E-state index in [0.29, 0.717) is 0 Å². The van der Waals surface area contributed by atoms with E-state index in [0.717, 1.165) is 0 Å². The molecule has 1 rings (SSSR count). The maximum atomic E-state index is 11.0. The minimum absolute atomic E-state index is 0.0981. The number of carbonyl (C=O) groups excluding carboxylic acids is 3. The van der Waals surface area contributed by atoms with Crippen molar-refractivity contribution in [3.8, 4) is 0 Å². The Labute approximate surface area is 69.9 Å². The summed E-state index contributed by atoms with van der Waals surface area (Å²) in [5.41, 5.74) is 0. The molecule has 2 unspecified atom stereocenters. The van der Waals surface area contributed by atoms with Gasteiger partial charge in [0.25, 0.3) is 0 Å². The summed E-state index contributed by atoms with van der Waals surface area (Å²) in [4.78, 5) is 32.5. The van der Waals surface area contributed by atoms with Crippen LogP contribution in [-0.2, 0) is 19.1 Å². The summed E-state index contributed by atoms with van der Waals surface area (Å²) >= 11 is 0. The van der Waals surface area contributed by atoms with Crippen molar-refractivity contribution >= 4 is 17.5 Å². The van der Waals surface area contributed by atoms with Crippen LogP contribution in [0.3, 0.4) is 0 Å². The van der Waals surface area contributed by atoms with Gasteiger partial charge in [0, 0.05) is 6.92 Å². The maximum absolute atomic E-state index is 11.0. The van der Waals surface area contributed by atoms with E-state index in [1.165, 1.54) is 6.92 Å². The van der Waals surface area contributed by atoms with Crippen molar-refractivity contribution in [3.05, 3.63) is 0 Å². The minimum Gasteiger partial charge on any atom is -0.454 e. The van der Waals surface area contributed by atoms with Crippen LogP contribution >= 0.6 is 0 Å². The molecule has 4 nitrogen and oxygen atoms in total. The lowest BCUT2D eigenvalue weighted by molar-refractivity contribution is -0.153. The second-order valence-corrected chi connectivity index (χ2v) is 2.93. The summed E-state index contributed by atoms with van der Waals surface area (Å²) in [5, 5.41) is 0. The largest absolute Gasteiger partial charge is 0.454 e. The maximum Gasteiger partial charge on any atom is 0.303 e. The van der Waals surface area contributed by atoms with Crippen molar-refractivity contribution in [2.24, 2.45) is 5.92 Å². The molecule has 0 aliphatic heterocycles. The third kappa shape index (κ3) is 1.52. The van der Waals surface area contributed by atoms with Gasteiger partial charge in [-0.05, 0) is 0 Å². The highest BCUT2D eigenvalue weighted by Gasteiger charge is 2.40. The highest BCUT2D eigenvalue weighted by molar-refractivity contribution is 6.10. The van der Waals surface area contributed by atoms with Crippen LogP contribution in [0.4, 0.5) is 0 Å². The van der Waals surface area contributed by atoms with Gasteiger partial charge in [0.2, 0.25) is 0 Å². The monoisotopic (exact) mass is 170 g/mol. The summed E-state index contributed by atoms with van der Waals surface area (Å²) in [6.45, 7) is 2.82. The lowest BCUT2D eigenvalue weighted by Gasteiger charge is -2.11. The lowest BCUT2D eigenvalue weighted by atomic mass is 10.1. The average molecular weight is 170 g/mol. The van der Waals surface area contributed by atoms with Gasteiger partial charge in [-0.25, -0.2) is 0 Å². The fourth-order valence-corrected chi connectivity index (χ4v) is 1.23. The first-order chi connectivity index (χ1) is 5.52. The van der Waals surface area contributed by atoms with Gasteiger partial charge < -0.3 is 4.74 Å². The highest BCUT2D eigenvalue weighted by Crippen LogP contribution is 2.21. The number of hydrogen-bond donors (Lipinski definition) is 0. The first-order valence-corrected chi connectivity index (χ1v) is 3.75. The summed E-state index contributed by atoms with van der Waals surface area (Å²) in [7, 11) is 0. The summed E-state index contributed by atoms with van der Waals surface area (Å²) < 4.78 is 4.70. The van der Waals surface area contributed by atoms with Gasteiger partial charge in [-0.15, -0.1) is 0 Å². The van der Waals surface area contributed by atoms with E-state index < -0.39 is 18.0 Å². The number of carbonyl (C=O) groups is 3. The SMILES string of the molecule is CC(=O)OC1C(=O)CC(=O)C1C. The first-order valence-electron chi connectivity index (χ1n) is 3.75. The molecular weight excluding hydrogens is 160 g/mol. The number of esters is 1. The Morgan fingerprint density at radius 2 is 2.00 bits per heavy atom. The van der Waals surface area contributed by atoms with Crippen molar-refractivity contribution in [1.29, 1.82) is 0 Å². The van der Waals surface area contributed by atoms with E-state index in [1.54, 1.807) is 6.92 Å². The number of hydrogen-bond acceptors (Lipinski definition) is 4. The van der Waals surface area contributed by atoms with Crippen LogP contribution in [0.1, 0.15) is 20.3 Å². The molecular formula is C8H10O4. The van der Waals surface area contributed by atoms with Gasteiger partial charge in [0.15, 0.2) is 11.9 Å². The molecule has 0 heterocycles. The predicted octanol–water partition coefficient (Wildman–Crippen LogP) is 0.0961. The molecule has 0 saturated heterocycles. The topological polar surface area (TPSA) is 60.4 Å². The molecule has 4 heteroatoms. The first kappa shape index (κ1) is 8.90. The highest BCUT2D eigenvalue weighted by atomic mass is 16.5. The zero-order valence-corrected chi connectivity index (χ0v) is 6.99. The quantitative estimate of drug-likeness (QED) is 0.413. The summed E-state index contributed by atoms with van der Waals surface area (Å²) in [6, 6.07) is 0. The minimum atomic E-state index is -0.838. The van der Waals surface area contributed by atoms with Gasteiger partial charge in [-0.1, -0.05) is 6.92 Å². The Bertz CT molecular complexity index is 243. The van der Waals surface area contributed by atoms with E-state index in [9.17, 15) is 14.4 Å². The standard InChI is InChI=1S/C8H10O4/c1-4-6(10)3-7(11)8(4)12-5(2)9/h4,8H,3H2,1-2H3. The van der Waals surface area contributed by atoms with Crippen molar-refractivity contribution in [3.63, 3.8) is 0 Å². The third-order valence-corrected chi connectivity index (χ3v) is 1.92. The number of ether oxygens (including phenoxy) is 1. The second kappa shape index (κ2) is 3.05. The van der Waals surface area contributed by atoms with E-state index in [2.05, 4.69) is 0 Å². The van der Waals surface area contributed by atoms with Gasteiger partial charge in [-0.3, -0.25) is 14.4 Å². The average Bonchev–Trinajstić information content (AvgIpc) is 2.16. The molecule has 0 N–H and O–H groups in total. The molecule has 0 spiro atoms. The van der Waals surface area contributed by atoms with Crippen LogP contribution in [0.15, 0.2) is 0 Å². The number of Topliss-reactive ketones (excluding diaryl/α,β-unsaturated/α-hetero) is 2. The van der Waals surface area contributed by atoms with Crippen molar-refractivity contribution in [2.75, 3.05) is 0 Å². The Kier molecular flexibility index (Phi) is 2.26. The van der Waals surface area contributed by atoms with Gasteiger partial charge >= 0.3 is 5.97 Å². The van der Waals surface area contributed by atoms with Crippen LogP contribution in [-0.4, -0.2) is 23.6 Å². The molecule has 1 saturated carbocycles. The molecule has 0 radical (unpaired) electrons. The normalized spacial score (nSPS) is 29.2. The second-order valence-electron chi connectivity index (χ2n) is 2.93. The molecule has 1 aliphatic carbocycles. The van der Waals surface area contributed by atoms with Crippen molar-refractivity contribution in [2.45, 2.75) is 26.4 Å². The molecule has 0 aromatic heterocycles. The Morgan fingerprint density at radius 1 is 1.42 bits per heavy atom. The molecule has 0 aromatic carbocycles. The van der Waals surface area contributed by atoms with E-state index >= 15 is 0 Å². The molecule has 2 atom stereocenters. The molecule has 0 bridgehead atoms. The van der Waals surface area contributed by atoms with Crippen molar-refractivity contribution in [1.82, 2.24) is 0 Å². The summed E-state index contributed by atoms with van der Waals surface area (Å²) in [5.74, 6) is -1.43. The van der Waals surface area contributed by atoms with Gasteiger partial charge in [-0.2, -0.15) is 0 Å². The molecule has 12 heavy (non-hydrogen) atoms. The zero-order chi connectivity index (χ0) is 9.30. The predicted molar refractivity (Wildman–Crippen MR) is 39.3 cm³/mol. The zero-order valence-electron chi connectivity index (χ0n) is 6.99. The number of rotatable bonds is 1. The van der Waals surface area contributed by atoms with E-state index in [-0.39, 0.29) is 18.0 Å². The van der Waals surface area contributed by atoms with Crippen LogP contribution in [0.5, 0.6) is 0 Å². The third-order valence-electron chi connectivity index (χ3n) is 1.92. The van der Waals surface area contributed by atoms with Gasteiger partial charge in [0.05, 0.1) is 12.3 Å². The Balaban J connectivity index is 2.70. The summed E-state index contributed by atoms with van der Waals surface area (Å²) in [6.07, 6.45) is -0.936. The van der Waals surface area contributed by atoms with Crippen LogP contribution < -0.4 is 0 Å². The van der Waals surface area contributed by atoms with Crippen molar-refractivity contribution < 1.29 is 19.1 Å². The molecule has 0 aromatic rings. The Morgan fingerprint density at radius 3 is 2.33 bits per heavy atom. The lowest BCUT2D eigenvalue weighted by Crippen LogP contribution is -2.26. The fourth-order valence-electron chi connectivity index (χ4n) is 1.23. The van der Waals surface area contributed by atoms with Crippen LogP contribution in [0, 0.1) is 5.92 Å². The molecule has 1 fully saturated rings. The van der Waals surface area contributed by atoms with Crippen LogP contribution in [0.25, 0.3) is 0 Å². The van der Waals surface area contributed by atoms with E-state index in [1.807, 2.05) is 0 Å². The molecule has 1 aliphatic rings. The van der Waals surface area contributed by atoms with E-state index in [4.69, 9.17) is 4.74 Å². The molecule has 0 amide bonds. The van der Waals surface area contributed by atoms with Gasteiger partial charge in [0.1, 0.15) is 5.78 Å².